The van der Waals surface area contributed by atoms with Crippen molar-refractivity contribution in [1.29, 1.82) is 0 Å². The first-order valence-electron chi connectivity index (χ1n) is 7.74. The van der Waals surface area contributed by atoms with E-state index in [1.165, 1.54) is 11.3 Å². The van der Waals surface area contributed by atoms with Gasteiger partial charge in [0, 0.05) is 19.7 Å². The van der Waals surface area contributed by atoms with Gasteiger partial charge in [0.1, 0.15) is 5.60 Å². The molecule has 0 aromatic carbocycles. The summed E-state index contributed by atoms with van der Waals surface area (Å²) in [6.07, 6.45) is 0.234. The van der Waals surface area contributed by atoms with Crippen LogP contribution >= 0.6 is 22.9 Å². The van der Waals surface area contributed by atoms with Gasteiger partial charge in [-0.05, 0) is 39.3 Å². The van der Waals surface area contributed by atoms with Crippen LogP contribution in [0.15, 0.2) is 12.1 Å². The fraction of sp³-hybridized carbons (Fsp3) is 0.625. The number of hydrogen-bond acceptors (Lipinski definition) is 5. The average molecular weight is 375 g/mol. The van der Waals surface area contributed by atoms with Crippen molar-refractivity contribution >= 4 is 34.9 Å². The highest BCUT2D eigenvalue weighted by atomic mass is 35.5. The number of carbonyl (C=O) groups excluding carboxylic acids is 2. The summed E-state index contributed by atoms with van der Waals surface area (Å²) in [7, 11) is 1.59. The lowest BCUT2D eigenvalue weighted by molar-refractivity contribution is 0.0146. The van der Waals surface area contributed by atoms with Crippen LogP contribution in [-0.4, -0.2) is 54.8 Å². The van der Waals surface area contributed by atoms with E-state index >= 15 is 0 Å². The highest BCUT2D eigenvalue weighted by molar-refractivity contribution is 7.17. The van der Waals surface area contributed by atoms with Gasteiger partial charge in [-0.3, -0.25) is 4.79 Å². The molecular formula is C16H23ClN2O4S. The fourth-order valence-corrected chi connectivity index (χ4v) is 3.55. The van der Waals surface area contributed by atoms with E-state index in [0.29, 0.717) is 28.8 Å². The molecule has 0 radical (unpaired) electrons. The summed E-state index contributed by atoms with van der Waals surface area (Å²) in [4.78, 5) is 26.8. The van der Waals surface area contributed by atoms with Gasteiger partial charge in [-0.1, -0.05) is 11.6 Å². The summed E-state index contributed by atoms with van der Waals surface area (Å²) in [5.74, 6) is -0.181. The molecule has 8 heteroatoms. The number of nitrogens with zero attached hydrogens (tertiary/aromatic N) is 1. The summed E-state index contributed by atoms with van der Waals surface area (Å²) >= 11 is 7.09. The molecule has 1 fully saturated rings. The van der Waals surface area contributed by atoms with E-state index in [1.807, 2.05) is 20.8 Å². The molecule has 2 unspecified atom stereocenters. The quantitative estimate of drug-likeness (QED) is 0.879. The van der Waals surface area contributed by atoms with Gasteiger partial charge in [0.05, 0.1) is 21.9 Å². The molecule has 0 saturated carbocycles. The molecule has 6 nitrogen and oxygen atoms in total. The Kier molecular flexibility index (Phi) is 6.11. The van der Waals surface area contributed by atoms with Gasteiger partial charge in [0.15, 0.2) is 0 Å². The lowest BCUT2D eigenvalue weighted by Gasteiger charge is -2.28. The zero-order chi connectivity index (χ0) is 17.9. The first kappa shape index (κ1) is 19.0. The van der Waals surface area contributed by atoms with E-state index in [9.17, 15) is 9.59 Å². The minimum atomic E-state index is -0.566. The van der Waals surface area contributed by atoms with Gasteiger partial charge >= 0.3 is 6.09 Å². The number of methoxy groups -OCH3 is 1. The zero-order valence-electron chi connectivity index (χ0n) is 14.3. The van der Waals surface area contributed by atoms with E-state index in [0.717, 1.165) is 0 Å². The second-order valence-electron chi connectivity index (χ2n) is 6.75. The smallest absolute Gasteiger partial charge is 0.410 e. The Morgan fingerprint density at radius 2 is 2.12 bits per heavy atom. The molecule has 2 rings (SSSR count). The molecule has 2 amide bonds. The topological polar surface area (TPSA) is 67.9 Å². The van der Waals surface area contributed by atoms with Gasteiger partial charge in [0.25, 0.3) is 5.91 Å². The molecular weight excluding hydrogens is 352 g/mol. The molecule has 134 valence electrons. The summed E-state index contributed by atoms with van der Waals surface area (Å²) in [6.45, 7) is 6.27. The van der Waals surface area contributed by atoms with Crippen LogP contribution < -0.4 is 5.32 Å². The lowest BCUT2D eigenvalue weighted by atomic mass is 10.2. The number of rotatable bonds is 4. The molecule has 1 aliphatic heterocycles. The summed E-state index contributed by atoms with van der Waals surface area (Å²) in [6, 6.07) is 3.11. The van der Waals surface area contributed by atoms with Crippen LogP contribution in [0.5, 0.6) is 0 Å². The first-order chi connectivity index (χ1) is 11.2. The van der Waals surface area contributed by atoms with Crippen molar-refractivity contribution in [3.63, 3.8) is 0 Å². The van der Waals surface area contributed by atoms with Crippen LogP contribution in [0.25, 0.3) is 0 Å². The van der Waals surface area contributed by atoms with E-state index < -0.39 is 5.60 Å². The molecule has 2 atom stereocenters. The number of likely N-dealkylation sites (tertiary alicyclic amines) is 1. The Hall–Kier alpha value is -1.31. The number of ether oxygens (including phenoxy) is 2. The third-order valence-electron chi connectivity index (χ3n) is 3.53. The number of thiophene rings is 1. The van der Waals surface area contributed by atoms with Gasteiger partial charge in [0.2, 0.25) is 0 Å². The fourth-order valence-electron chi connectivity index (χ4n) is 2.61. The highest BCUT2D eigenvalue weighted by Crippen LogP contribution is 2.24. The maximum absolute atomic E-state index is 12.4. The molecule has 0 bridgehead atoms. The number of halogens is 1. The molecule has 1 aliphatic rings. The van der Waals surface area contributed by atoms with Gasteiger partial charge in [-0.2, -0.15) is 0 Å². The molecule has 0 aliphatic carbocycles. The van der Waals surface area contributed by atoms with E-state index in [2.05, 4.69) is 5.32 Å². The standard InChI is InChI=1S/C16H23ClN2O4S/c1-16(2,3)23-15(21)19-8-10(7-11(19)9-22-4)18-14(20)12-5-6-13(17)24-12/h5-6,10-11H,7-9H2,1-4H3,(H,18,20). The summed E-state index contributed by atoms with van der Waals surface area (Å²) in [5, 5.41) is 2.95. The van der Waals surface area contributed by atoms with Crippen molar-refractivity contribution in [1.82, 2.24) is 10.2 Å². The van der Waals surface area contributed by atoms with Gasteiger partial charge < -0.3 is 19.7 Å². The molecule has 1 N–H and O–H groups in total. The van der Waals surface area contributed by atoms with Crippen LogP contribution in [0.1, 0.15) is 36.9 Å². The highest BCUT2D eigenvalue weighted by Gasteiger charge is 2.38. The van der Waals surface area contributed by atoms with Crippen molar-refractivity contribution in [2.45, 2.75) is 44.9 Å². The first-order valence-corrected chi connectivity index (χ1v) is 8.94. The lowest BCUT2D eigenvalue weighted by Crippen LogP contribution is -2.43. The third-order valence-corrected chi connectivity index (χ3v) is 4.76. The Morgan fingerprint density at radius 3 is 2.67 bits per heavy atom. The van der Waals surface area contributed by atoms with Crippen molar-refractivity contribution in [2.75, 3.05) is 20.3 Å². The Balaban J connectivity index is 2.00. The Bertz CT molecular complexity index is 599. The second kappa shape index (κ2) is 7.72. The minimum absolute atomic E-state index is 0.123. The number of hydrogen-bond donors (Lipinski definition) is 1. The average Bonchev–Trinajstić information content (AvgIpc) is 3.04. The van der Waals surface area contributed by atoms with E-state index in [4.69, 9.17) is 21.1 Å². The Morgan fingerprint density at radius 1 is 1.42 bits per heavy atom. The number of amides is 2. The molecule has 2 heterocycles. The number of carbonyl (C=O) groups is 2. The van der Waals surface area contributed by atoms with Crippen LogP contribution in [0, 0.1) is 0 Å². The summed E-state index contributed by atoms with van der Waals surface area (Å²) < 4.78 is 11.2. The maximum atomic E-state index is 12.4. The largest absolute Gasteiger partial charge is 0.444 e. The third kappa shape index (κ3) is 5.09. The minimum Gasteiger partial charge on any atom is -0.444 e. The monoisotopic (exact) mass is 374 g/mol. The predicted octanol–water partition coefficient (Wildman–Crippen LogP) is 3.16. The van der Waals surface area contributed by atoms with Gasteiger partial charge in [-0.15, -0.1) is 11.3 Å². The van der Waals surface area contributed by atoms with Crippen LogP contribution in [0.2, 0.25) is 4.34 Å². The molecule has 1 aromatic heterocycles. The van der Waals surface area contributed by atoms with E-state index in [-0.39, 0.29) is 24.1 Å². The van der Waals surface area contributed by atoms with Crippen molar-refractivity contribution in [3.8, 4) is 0 Å². The normalized spacial score (nSPS) is 21.0. The number of nitrogens with one attached hydrogen (secondary N) is 1. The SMILES string of the molecule is COCC1CC(NC(=O)c2ccc(Cl)s2)CN1C(=O)OC(C)(C)C. The van der Waals surface area contributed by atoms with Crippen molar-refractivity contribution in [3.05, 3.63) is 21.3 Å². The molecule has 24 heavy (non-hydrogen) atoms. The van der Waals surface area contributed by atoms with Crippen molar-refractivity contribution in [2.24, 2.45) is 0 Å². The summed E-state index contributed by atoms with van der Waals surface area (Å²) in [5.41, 5.74) is -0.566. The predicted molar refractivity (Wildman–Crippen MR) is 93.8 cm³/mol. The van der Waals surface area contributed by atoms with Crippen LogP contribution in [-0.2, 0) is 9.47 Å². The van der Waals surface area contributed by atoms with E-state index in [1.54, 1.807) is 24.1 Å². The second-order valence-corrected chi connectivity index (χ2v) is 8.47. The van der Waals surface area contributed by atoms with Crippen LogP contribution in [0.3, 0.4) is 0 Å². The molecule has 1 aromatic rings. The van der Waals surface area contributed by atoms with Gasteiger partial charge in [-0.25, -0.2) is 4.79 Å². The molecule has 1 saturated heterocycles. The van der Waals surface area contributed by atoms with Crippen molar-refractivity contribution < 1.29 is 19.1 Å². The maximum Gasteiger partial charge on any atom is 0.410 e. The van der Waals surface area contributed by atoms with Crippen LogP contribution in [0.4, 0.5) is 4.79 Å². The molecule has 0 spiro atoms. The zero-order valence-corrected chi connectivity index (χ0v) is 15.9. The Labute approximate surface area is 151 Å².